The molecule has 1 atom stereocenters. The molecule has 6 heteroatoms. The van der Waals surface area contributed by atoms with Gasteiger partial charge < -0.3 is 15.0 Å². The van der Waals surface area contributed by atoms with Crippen LogP contribution in [-0.2, 0) is 16.0 Å². The van der Waals surface area contributed by atoms with Gasteiger partial charge >= 0.3 is 0 Å². The summed E-state index contributed by atoms with van der Waals surface area (Å²) in [5.74, 6) is 0.350. The summed E-state index contributed by atoms with van der Waals surface area (Å²) < 4.78 is 5.15. The number of rotatable bonds is 6. The maximum Gasteiger partial charge on any atom is 0.229 e. The topological polar surface area (TPSA) is 58.6 Å². The second-order valence-electron chi connectivity index (χ2n) is 6.79. The Bertz CT molecular complexity index is 836. The van der Waals surface area contributed by atoms with Gasteiger partial charge in [-0.05, 0) is 48.7 Å². The number of hydrogen-bond donors (Lipinski definition) is 1. The Morgan fingerprint density at radius 1 is 1.26 bits per heavy atom. The van der Waals surface area contributed by atoms with Crippen molar-refractivity contribution in [2.24, 2.45) is 5.92 Å². The summed E-state index contributed by atoms with van der Waals surface area (Å²) in [5.41, 5.74) is 2.76. The van der Waals surface area contributed by atoms with Crippen LogP contribution < -0.4 is 10.1 Å². The number of carbonyl (C=O) groups excluding carboxylic acids is 2. The highest BCUT2D eigenvalue weighted by Crippen LogP contribution is 2.24. The zero-order valence-electron chi connectivity index (χ0n) is 15.5. The van der Waals surface area contributed by atoms with Gasteiger partial charge in [-0.2, -0.15) is 0 Å². The molecule has 5 nitrogen and oxygen atoms in total. The summed E-state index contributed by atoms with van der Waals surface area (Å²) in [6.45, 7) is 2.96. The molecule has 1 heterocycles. The molecule has 1 unspecified atom stereocenters. The van der Waals surface area contributed by atoms with E-state index in [1.165, 1.54) is 0 Å². The quantitative estimate of drug-likeness (QED) is 0.823. The van der Waals surface area contributed by atoms with E-state index in [1.807, 2.05) is 37.3 Å². The minimum absolute atomic E-state index is 0.0199. The summed E-state index contributed by atoms with van der Waals surface area (Å²) in [4.78, 5) is 26.6. The molecule has 1 aliphatic rings. The molecule has 0 bridgehead atoms. The van der Waals surface area contributed by atoms with Gasteiger partial charge in [0.15, 0.2) is 0 Å². The molecular weight excluding hydrogens is 364 g/mol. The molecule has 0 spiro atoms. The molecule has 1 N–H and O–H groups in total. The van der Waals surface area contributed by atoms with Crippen LogP contribution in [0.5, 0.6) is 5.75 Å². The third-order valence-corrected chi connectivity index (χ3v) is 5.11. The molecule has 2 aromatic rings. The molecule has 142 valence electrons. The highest BCUT2D eigenvalue weighted by atomic mass is 35.5. The van der Waals surface area contributed by atoms with Crippen molar-refractivity contribution in [3.05, 3.63) is 58.6 Å². The average Bonchev–Trinajstić information content (AvgIpc) is 3.04. The molecule has 0 aliphatic carbocycles. The Kier molecular flexibility index (Phi) is 6.01. The standard InChI is InChI=1S/C21H23ClN2O3/c1-14-3-6-17(22)12-19(14)23-21(26)16-11-20(25)24(13-16)10-9-15-4-7-18(27-2)8-5-15/h3-8,12,16H,9-11,13H2,1-2H3,(H,23,26). The number of halogens is 1. The molecule has 3 rings (SSSR count). The number of ether oxygens (including phenoxy) is 1. The third-order valence-electron chi connectivity index (χ3n) is 4.87. The fraction of sp³-hybridized carbons (Fsp3) is 0.333. The second-order valence-corrected chi connectivity index (χ2v) is 7.22. The number of hydrogen-bond acceptors (Lipinski definition) is 3. The first-order valence-corrected chi connectivity index (χ1v) is 9.32. The lowest BCUT2D eigenvalue weighted by molar-refractivity contribution is -0.128. The van der Waals surface area contributed by atoms with E-state index in [9.17, 15) is 9.59 Å². The van der Waals surface area contributed by atoms with Gasteiger partial charge in [-0.15, -0.1) is 0 Å². The number of aryl methyl sites for hydroxylation is 1. The summed E-state index contributed by atoms with van der Waals surface area (Å²) >= 11 is 6.00. The number of nitrogens with one attached hydrogen (secondary N) is 1. The second kappa shape index (κ2) is 8.44. The van der Waals surface area contributed by atoms with Crippen molar-refractivity contribution in [2.45, 2.75) is 19.8 Å². The van der Waals surface area contributed by atoms with Crippen LogP contribution in [0.25, 0.3) is 0 Å². The average molecular weight is 387 g/mol. The van der Waals surface area contributed by atoms with Gasteiger partial charge in [0.2, 0.25) is 11.8 Å². The van der Waals surface area contributed by atoms with E-state index in [-0.39, 0.29) is 24.2 Å². The predicted molar refractivity (Wildman–Crippen MR) is 106 cm³/mol. The highest BCUT2D eigenvalue weighted by molar-refractivity contribution is 6.31. The lowest BCUT2D eigenvalue weighted by Crippen LogP contribution is -2.30. The van der Waals surface area contributed by atoms with Gasteiger partial charge in [0.05, 0.1) is 13.0 Å². The van der Waals surface area contributed by atoms with Crippen molar-refractivity contribution in [1.82, 2.24) is 4.90 Å². The number of amides is 2. The van der Waals surface area contributed by atoms with E-state index < -0.39 is 0 Å². The fourth-order valence-corrected chi connectivity index (χ4v) is 3.36. The molecule has 2 amide bonds. The van der Waals surface area contributed by atoms with E-state index in [4.69, 9.17) is 16.3 Å². The molecule has 1 saturated heterocycles. The van der Waals surface area contributed by atoms with Crippen LogP contribution in [-0.4, -0.2) is 36.9 Å². The van der Waals surface area contributed by atoms with Crippen molar-refractivity contribution < 1.29 is 14.3 Å². The largest absolute Gasteiger partial charge is 0.497 e. The van der Waals surface area contributed by atoms with E-state index in [2.05, 4.69) is 5.32 Å². The normalized spacial score (nSPS) is 16.5. The number of nitrogens with zero attached hydrogens (tertiary/aromatic N) is 1. The number of carbonyl (C=O) groups is 2. The summed E-state index contributed by atoms with van der Waals surface area (Å²) in [6, 6.07) is 13.2. The zero-order chi connectivity index (χ0) is 19.4. The zero-order valence-corrected chi connectivity index (χ0v) is 16.3. The maximum atomic E-state index is 12.6. The first kappa shape index (κ1) is 19.2. The van der Waals surface area contributed by atoms with Crippen LogP contribution in [0.1, 0.15) is 17.5 Å². The van der Waals surface area contributed by atoms with Gasteiger partial charge in [0.25, 0.3) is 0 Å². The van der Waals surface area contributed by atoms with Crippen molar-refractivity contribution >= 4 is 29.1 Å². The molecule has 27 heavy (non-hydrogen) atoms. The van der Waals surface area contributed by atoms with Gasteiger partial charge in [0.1, 0.15) is 5.75 Å². The molecule has 0 radical (unpaired) electrons. The van der Waals surface area contributed by atoms with E-state index in [0.29, 0.717) is 23.8 Å². The number of benzene rings is 2. The van der Waals surface area contributed by atoms with Crippen molar-refractivity contribution in [1.29, 1.82) is 0 Å². The molecule has 1 fully saturated rings. The lowest BCUT2D eigenvalue weighted by Gasteiger charge is -2.17. The van der Waals surface area contributed by atoms with Gasteiger partial charge in [-0.25, -0.2) is 0 Å². The van der Waals surface area contributed by atoms with Gasteiger partial charge in [-0.3, -0.25) is 9.59 Å². The van der Waals surface area contributed by atoms with Gasteiger partial charge in [0, 0.05) is 30.2 Å². The van der Waals surface area contributed by atoms with E-state index >= 15 is 0 Å². The van der Waals surface area contributed by atoms with E-state index in [1.54, 1.807) is 24.1 Å². The number of anilines is 1. The van der Waals surface area contributed by atoms with Crippen LogP contribution in [0.4, 0.5) is 5.69 Å². The Balaban J connectivity index is 1.56. The van der Waals surface area contributed by atoms with Crippen LogP contribution in [0.3, 0.4) is 0 Å². The maximum absolute atomic E-state index is 12.6. The van der Waals surface area contributed by atoms with Gasteiger partial charge in [-0.1, -0.05) is 29.8 Å². The Hall–Kier alpha value is -2.53. The van der Waals surface area contributed by atoms with Crippen LogP contribution in [0.15, 0.2) is 42.5 Å². The SMILES string of the molecule is COc1ccc(CCN2CC(C(=O)Nc3cc(Cl)ccc3C)CC2=O)cc1. The minimum atomic E-state index is -0.341. The third kappa shape index (κ3) is 4.80. The Morgan fingerprint density at radius 3 is 2.70 bits per heavy atom. The summed E-state index contributed by atoms with van der Waals surface area (Å²) in [6.07, 6.45) is 0.992. The predicted octanol–water partition coefficient (Wildman–Crippen LogP) is 3.69. The Labute approximate surface area is 164 Å². The van der Waals surface area contributed by atoms with E-state index in [0.717, 1.165) is 23.3 Å². The monoisotopic (exact) mass is 386 g/mol. The molecule has 0 aromatic heterocycles. The van der Waals surface area contributed by atoms with Crippen LogP contribution in [0, 0.1) is 12.8 Å². The molecular formula is C21H23ClN2O3. The van der Waals surface area contributed by atoms with Crippen LogP contribution >= 0.6 is 11.6 Å². The minimum Gasteiger partial charge on any atom is -0.497 e. The smallest absolute Gasteiger partial charge is 0.229 e. The van der Waals surface area contributed by atoms with Crippen LogP contribution in [0.2, 0.25) is 5.02 Å². The summed E-state index contributed by atoms with van der Waals surface area (Å²) in [7, 11) is 1.63. The number of methoxy groups -OCH3 is 1. The van der Waals surface area contributed by atoms with Crippen molar-refractivity contribution in [3.8, 4) is 5.75 Å². The lowest BCUT2D eigenvalue weighted by atomic mass is 10.1. The first-order chi connectivity index (χ1) is 13.0. The fourth-order valence-electron chi connectivity index (χ4n) is 3.18. The van der Waals surface area contributed by atoms with Crippen molar-refractivity contribution in [3.63, 3.8) is 0 Å². The van der Waals surface area contributed by atoms with Crippen molar-refractivity contribution in [2.75, 3.05) is 25.5 Å². The number of likely N-dealkylation sites (tertiary alicyclic amines) is 1. The Morgan fingerprint density at radius 2 is 2.00 bits per heavy atom. The summed E-state index contributed by atoms with van der Waals surface area (Å²) in [5, 5.41) is 3.47. The first-order valence-electron chi connectivity index (χ1n) is 8.94. The molecule has 2 aromatic carbocycles. The molecule has 0 saturated carbocycles. The molecule has 1 aliphatic heterocycles. The highest BCUT2D eigenvalue weighted by Gasteiger charge is 2.34.